The van der Waals surface area contributed by atoms with Gasteiger partial charge >= 0.3 is 0 Å². The summed E-state index contributed by atoms with van der Waals surface area (Å²) in [6.45, 7) is 4.00. The smallest absolute Gasteiger partial charge is 0.217 e. The van der Waals surface area contributed by atoms with Crippen molar-refractivity contribution in [2.75, 3.05) is 33.2 Å². The molecule has 0 saturated carbocycles. The second-order valence-corrected chi connectivity index (χ2v) is 6.77. The Kier molecular flexibility index (Phi) is 7.02. The fraction of sp³-hybridized carbons (Fsp3) is 0.611. The highest BCUT2D eigenvalue weighted by Gasteiger charge is 2.23. The summed E-state index contributed by atoms with van der Waals surface area (Å²) in [5.41, 5.74) is 6.55. The summed E-state index contributed by atoms with van der Waals surface area (Å²) in [6.07, 6.45) is 2.21. The van der Waals surface area contributed by atoms with E-state index in [0.717, 1.165) is 32.5 Å². The Morgan fingerprint density at radius 3 is 2.87 bits per heavy atom. The molecule has 2 unspecified atom stereocenters. The number of likely N-dealkylation sites (N-methyl/N-ethyl adjacent to an activating group) is 1. The molecule has 2 atom stereocenters. The summed E-state index contributed by atoms with van der Waals surface area (Å²) in [5, 5.41) is 10.3. The van der Waals surface area contributed by atoms with Crippen LogP contribution in [-0.4, -0.2) is 60.1 Å². The van der Waals surface area contributed by atoms with Gasteiger partial charge in [0.05, 0.1) is 6.10 Å². The van der Waals surface area contributed by atoms with Crippen molar-refractivity contribution in [3.05, 3.63) is 35.9 Å². The highest BCUT2D eigenvalue weighted by Crippen LogP contribution is 2.19. The molecule has 1 heterocycles. The number of hydrogen-bond acceptors (Lipinski definition) is 4. The molecule has 128 valence electrons. The number of aliphatic hydroxyl groups is 1. The second-order valence-electron chi connectivity index (χ2n) is 6.77. The molecule has 5 heteroatoms. The van der Waals surface area contributed by atoms with Gasteiger partial charge in [-0.3, -0.25) is 9.69 Å². The number of carbonyl (C=O) groups excluding carboxylic acids is 1. The van der Waals surface area contributed by atoms with Crippen molar-refractivity contribution in [2.24, 2.45) is 11.7 Å². The van der Waals surface area contributed by atoms with Crippen LogP contribution in [-0.2, 0) is 11.3 Å². The lowest BCUT2D eigenvalue weighted by atomic mass is 9.94. The lowest BCUT2D eigenvalue weighted by Gasteiger charge is -2.34. The molecule has 1 aliphatic rings. The summed E-state index contributed by atoms with van der Waals surface area (Å²) >= 11 is 0. The second kappa shape index (κ2) is 9.01. The fourth-order valence-electron chi connectivity index (χ4n) is 3.44. The summed E-state index contributed by atoms with van der Waals surface area (Å²) in [5.74, 6) is 0.121. The molecule has 1 aromatic carbocycles. The minimum Gasteiger partial charge on any atom is -0.390 e. The van der Waals surface area contributed by atoms with Crippen molar-refractivity contribution in [1.29, 1.82) is 0 Å². The van der Waals surface area contributed by atoms with E-state index < -0.39 is 0 Å². The SMILES string of the molecule is CN(Cc1ccccc1)CC(O)CN1CCCC(CC(N)=O)C1. The van der Waals surface area contributed by atoms with Gasteiger partial charge in [0.15, 0.2) is 0 Å². The molecule has 1 fully saturated rings. The number of benzene rings is 1. The quantitative estimate of drug-likeness (QED) is 0.752. The third-order valence-electron chi connectivity index (χ3n) is 4.38. The van der Waals surface area contributed by atoms with E-state index in [4.69, 9.17) is 5.73 Å². The maximum atomic E-state index is 11.1. The molecule has 1 amide bonds. The zero-order valence-electron chi connectivity index (χ0n) is 14.0. The Balaban J connectivity index is 1.73. The molecule has 1 aliphatic heterocycles. The van der Waals surface area contributed by atoms with Crippen LogP contribution in [0.5, 0.6) is 0 Å². The number of nitrogens with two attached hydrogens (primary N) is 1. The van der Waals surface area contributed by atoms with E-state index in [-0.39, 0.29) is 12.0 Å². The van der Waals surface area contributed by atoms with Crippen LogP contribution >= 0.6 is 0 Å². The Hall–Kier alpha value is -1.43. The number of aliphatic hydroxyl groups excluding tert-OH is 1. The largest absolute Gasteiger partial charge is 0.390 e. The normalized spacial score (nSPS) is 20.6. The maximum absolute atomic E-state index is 11.1. The lowest BCUT2D eigenvalue weighted by Crippen LogP contribution is -2.44. The number of nitrogens with zero attached hydrogens (tertiary/aromatic N) is 2. The standard InChI is InChI=1S/C18H29N3O2/c1-20(11-15-6-3-2-4-7-15)13-17(22)14-21-9-5-8-16(12-21)10-18(19)23/h2-4,6-7,16-17,22H,5,8-14H2,1H3,(H2,19,23). The molecule has 0 bridgehead atoms. The summed E-state index contributed by atoms with van der Waals surface area (Å²) in [7, 11) is 2.03. The third kappa shape index (κ3) is 6.69. The zero-order chi connectivity index (χ0) is 16.7. The first-order valence-corrected chi connectivity index (χ1v) is 8.44. The first-order valence-electron chi connectivity index (χ1n) is 8.44. The van der Waals surface area contributed by atoms with Crippen molar-refractivity contribution in [2.45, 2.75) is 31.9 Å². The zero-order valence-corrected chi connectivity index (χ0v) is 14.0. The molecule has 0 radical (unpaired) electrons. The number of β-amino-alcohol motifs (C(OH)–C–C–N with tert-alkyl or cyclic N) is 1. The van der Waals surface area contributed by atoms with E-state index >= 15 is 0 Å². The highest BCUT2D eigenvalue weighted by atomic mass is 16.3. The molecule has 3 N–H and O–H groups in total. The summed E-state index contributed by atoms with van der Waals surface area (Å²) < 4.78 is 0. The topological polar surface area (TPSA) is 69.8 Å². The first kappa shape index (κ1) is 17.9. The van der Waals surface area contributed by atoms with Gasteiger partial charge < -0.3 is 15.7 Å². The van der Waals surface area contributed by atoms with Gasteiger partial charge in [-0.05, 0) is 37.9 Å². The number of rotatable bonds is 8. The predicted molar refractivity (Wildman–Crippen MR) is 91.8 cm³/mol. The van der Waals surface area contributed by atoms with Crippen LogP contribution < -0.4 is 5.73 Å². The molecule has 1 saturated heterocycles. The maximum Gasteiger partial charge on any atom is 0.217 e. The van der Waals surface area contributed by atoms with E-state index in [0.29, 0.717) is 25.4 Å². The van der Waals surface area contributed by atoms with Gasteiger partial charge in [-0.2, -0.15) is 0 Å². The number of hydrogen-bond donors (Lipinski definition) is 2. The fourth-order valence-corrected chi connectivity index (χ4v) is 3.44. The van der Waals surface area contributed by atoms with E-state index in [1.807, 2.05) is 25.2 Å². The Morgan fingerprint density at radius 1 is 1.43 bits per heavy atom. The Labute approximate surface area is 139 Å². The molecular formula is C18H29N3O2. The average molecular weight is 319 g/mol. The predicted octanol–water partition coefficient (Wildman–Crippen LogP) is 1.07. The van der Waals surface area contributed by atoms with Crippen molar-refractivity contribution in [3.8, 4) is 0 Å². The van der Waals surface area contributed by atoms with Crippen molar-refractivity contribution in [3.63, 3.8) is 0 Å². The average Bonchev–Trinajstić information content (AvgIpc) is 2.47. The molecule has 5 nitrogen and oxygen atoms in total. The number of likely N-dealkylation sites (tertiary alicyclic amines) is 1. The van der Waals surface area contributed by atoms with Crippen molar-refractivity contribution < 1.29 is 9.90 Å². The molecule has 0 aliphatic carbocycles. The Bertz CT molecular complexity index is 480. The van der Waals surface area contributed by atoms with Crippen molar-refractivity contribution >= 4 is 5.91 Å². The number of piperidine rings is 1. The van der Waals surface area contributed by atoms with E-state index in [9.17, 15) is 9.90 Å². The monoisotopic (exact) mass is 319 g/mol. The highest BCUT2D eigenvalue weighted by molar-refractivity contribution is 5.74. The van der Waals surface area contributed by atoms with E-state index in [2.05, 4.69) is 21.9 Å². The van der Waals surface area contributed by atoms with Crippen LogP contribution in [0.2, 0.25) is 0 Å². The number of primary amides is 1. The number of amides is 1. The van der Waals surface area contributed by atoms with Crippen LogP contribution in [0, 0.1) is 5.92 Å². The van der Waals surface area contributed by atoms with Gasteiger partial charge in [-0.25, -0.2) is 0 Å². The van der Waals surface area contributed by atoms with E-state index in [1.165, 1.54) is 5.56 Å². The minimum absolute atomic E-state index is 0.222. The van der Waals surface area contributed by atoms with Gasteiger partial charge in [0.2, 0.25) is 5.91 Å². The number of carbonyl (C=O) groups is 1. The first-order chi connectivity index (χ1) is 11.0. The van der Waals surface area contributed by atoms with E-state index in [1.54, 1.807) is 0 Å². The van der Waals surface area contributed by atoms with Gasteiger partial charge in [0.25, 0.3) is 0 Å². The van der Waals surface area contributed by atoms with Gasteiger partial charge in [0, 0.05) is 32.6 Å². The molecule has 23 heavy (non-hydrogen) atoms. The van der Waals surface area contributed by atoms with Crippen LogP contribution in [0.25, 0.3) is 0 Å². The van der Waals surface area contributed by atoms with Crippen LogP contribution in [0.4, 0.5) is 0 Å². The Morgan fingerprint density at radius 2 is 2.17 bits per heavy atom. The third-order valence-corrected chi connectivity index (χ3v) is 4.38. The molecule has 0 aromatic heterocycles. The summed E-state index contributed by atoms with van der Waals surface area (Å²) in [6, 6.07) is 10.3. The van der Waals surface area contributed by atoms with Crippen LogP contribution in [0.3, 0.4) is 0 Å². The molecule has 0 spiro atoms. The molecular weight excluding hydrogens is 290 g/mol. The molecule has 1 aromatic rings. The minimum atomic E-state index is -0.379. The lowest BCUT2D eigenvalue weighted by molar-refractivity contribution is -0.119. The van der Waals surface area contributed by atoms with Gasteiger partial charge in [0.1, 0.15) is 0 Å². The van der Waals surface area contributed by atoms with Gasteiger partial charge in [-0.15, -0.1) is 0 Å². The van der Waals surface area contributed by atoms with Crippen molar-refractivity contribution in [1.82, 2.24) is 9.80 Å². The van der Waals surface area contributed by atoms with Crippen LogP contribution in [0.1, 0.15) is 24.8 Å². The summed E-state index contributed by atoms with van der Waals surface area (Å²) in [4.78, 5) is 15.5. The molecule has 2 rings (SSSR count). The van der Waals surface area contributed by atoms with Crippen LogP contribution in [0.15, 0.2) is 30.3 Å². The van der Waals surface area contributed by atoms with Gasteiger partial charge in [-0.1, -0.05) is 30.3 Å².